The predicted octanol–water partition coefficient (Wildman–Crippen LogP) is 2.90. The Bertz CT molecular complexity index is 1020. The Morgan fingerprint density at radius 2 is 1.69 bits per heavy atom. The van der Waals surface area contributed by atoms with Crippen LogP contribution in [-0.2, 0) is 0 Å². The molecule has 0 saturated heterocycles. The van der Waals surface area contributed by atoms with E-state index in [1.807, 2.05) is 55.4 Å². The molecule has 2 aromatic carbocycles. The summed E-state index contributed by atoms with van der Waals surface area (Å²) in [5.74, 6) is -0.0557. The molecule has 1 atom stereocenters. The van der Waals surface area contributed by atoms with E-state index in [0.29, 0.717) is 29.6 Å². The molecule has 2 heterocycles. The van der Waals surface area contributed by atoms with Gasteiger partial charge in [0.1, 0.15) is 5.58 Å². The summed E-state index contributed by atoms with van der Waals surface area (Å²) in [7, 11) is 3.92. The molecule has 5 heteroatoms. The molecule has 0 aliphatic carbocycles. The van der Waals surface area contributed by atoms with Gasteiger partial charge in [0.2, 0.25) is 5.76 Å². The lowest BCUT2D eigenvalue weighted by atomic mass is 9.98. The summed E-state index contributed by atoms with van der Waals surface area (Å²) in [6.45, 7) is 1.22. The summed E-state index contributed by atoms with van der Waals surface area (Å²) in [5.41, 5.74) is 1.68. The highest BCUT2D eigenvalue weighted by atomic mass is 16.3. The summed E-state index contributed by atoms with van der Waals surface area (Å²) in [6, 6.07) is 16.3. The number of nitrogens with zero attached hydrogens (tertiary/aromatic N) is 2. The molecule has 0 saturated carbocycles. The van der Waals surface area contributed by atoms with Gasteiger partial charge in [-0.15, -0.1) is 0 Å². The zero-order valence-corrected chi connectivity index (χ0v) is 14.8. The van der Waals surface area contributed by atoms with E-state index in [2.05, 4.69) is 0 Å². The quantitative estimate of drug-likeness (QED) is 0.727. The Labute approximate surface area is 151 Å². The van der Waals surface area contributed by atoms with Gasteiger partial charge in [0.25, 0.3) is 5.91 Å². The average Bonchev–Trinajstić information content (AvgIpc) is 2.93. The van der Waals surface area contributed by atoms with Crippen LogP contribution in [0.1, 0.15) is 27.7 Å². The molecule has 0 N–H and O–H groups in total. The third-order valence-corrected chi connectivity index (χ3v) is 4.78. The van der Waals surface area contributed by atoms with Crippen molar-refractivity contribution in [3.63, 3.8) is 0 Å². The molecule has 1 aromatic heterocycles. The minimum absolute atomic E-state index is 0.128. The molecule has 0 spiro atoms. The average molecular weight is 348 g/mol. The van der Waals surface area contributed by atoms with Crippen LogP contribution in [0, 0.1) is 0 Å². The monoisotopic (exact) mass is 348 g/mol. The highest BCUT2D eigenvalue weighted by Gasteiger charge is 2.42. The molecule has 1 aliphatic heterocycles. The number of para-hydroxylation sites is 1. The molecule has 0 unspecified atom stereocenters. The second kappa shape index (κ2) is 6.42. The zero-order chi connectivity index (χ0) is 18.3. The van der Waals surface area contributed by atoms with Crippen LogP contribution in [0.5, 0.6) is 0 Å². The normalized spacial score (nSPS) is 16.5. The van der Waals surface area contributed by atoms with Crippen molar-refractivity contribution in [2.75, 3.05) is 27.2 Å². The van der Waals surface area contributed by atoms with Gasteiger partial charge in [0, 0.05) is 13.1 Å². The number of carbonyl (C=O) groups is 1. The number of hydrogen-bond donors (Lipinski definition) is 0. The highest BCUT2D eigenvalue weighted by Crippen LogP contribution is 2.37. The Morgan fingerprint density at radius 3 is 2.42 bits per heavy atom. The lowest BCUT2D eigenvalue weighted by Crippen LogP contribution is -2.35. The molecule has 1 aliphatic rings. The number of rotatable bonds is 4. The van der Waals surface area contributed by atoms with Crippen LogP contribution in [0.3, 0.4) is 0 Å². The van der Waals surface area contributed by atoms with Gasteiger partial charge in [-0.2, -0.15) is 0 Å². The van der Waals surface area contributed by atoms with Crippen LogP contribution in [-0.4, -0.2) is 42.9 Å². The molecular formula is C21H20N2O3. The smallest absolute Gasteiger partial charge is 0.290 e. The first-order valence-corrected chi connectivity index (χ1v) is 8.64. The molecule has 1 amide bonds. The molecule has 0 radical (unpaired) electrons. The van der Waals surface area contributed by atoms with Crippen LogP contribution >= 0.6 is 0 Å². The molecular weight excluding hydrogens is 328 g/mol. The maximum Gasteiger partial charge on any atom is 0.290 e. The van der Waals surface area contributed by atoms with Crippen LogP contribution in [0.25, 0.3) is 11.0 Å². The number of carbonyl (C=O) groups excluding carboxylic acids is 1. The molecule has 26 heavy (non-hydrogen) atoms. The van der Waals surface area contributed by atoms with Crippen LogP contribution in [0.4, 0.5) is 0 Å². The summed E-state index contributed by atoms with van der Waals surface area (Å²) in [6.07, 6.45) is 0. The maximum absolute atomic E-state index is 13.2. The Hall–Kier alpha value is -2.92. The van der Waals surface area contributed by atoms with E-state index in [9.17, 15) is 9.59 Å². The topological polar surface area (TPSA) is 53.8 Å². The fourth-order valence-corrected chi connectivity index (χ4v) is 3.49. The number of hydrogen-bond acceptors (Lipinski definition) is 4. The van der Waals surface area contributed by atoms with Crippen LogP contribution < -0.4 is 5.43 Å². The van der Waals surface area contributed by atoms with Gasteiger partial charge in [-0.25, -0.2) is 0 Å². The van der Waals surface area contributed by atoms with Gasteiger partial charge < -0.3 is 14.2 Å². The maximum atomic E-state index is 13.2. The summed E-state index contributed by atoms with van der Waals surface area (Å²) in [4.78, 5) is 30.0. The number of benzene rings is 2. The van der Waals surface area contributed by atoms with E-state index in [-0.39, 0.29) is 17.1 Å². The molecule has 3 aromatic rings. The Kier molecular flexibility index (Phi) is 4.09. The standard InChI is InChI=1S/C21H20N2O3/c1-22(2)12-13-23-18(14-8-4-3-5-9-14)17-19(24)15-10-6-7-11-16(15)26-20(17)21(23)25/h3-11,18H,12-13H2,1-2H3/t18-/m0/s1. The van der Waals surface area contributed by atoms with Crippen molar-refractivity contribution in [2.45, 2.75) is 6.04 Å². The van der Waals surface area contributed by atoms with Crippen molar-refractivity contribution in [3.8, 4) is 0 Å². The van der Waals surface area contributed by atoms with E-state index >= 15 is 0 Å². The second-order valence-corrected chi connectivity index (χ2v) is 6.79. The van der Waals surface area contributed by atoms with Crippen LogP contribution in [0.15, 0.2) is 63.8 Å². The number of fused-ring (bicyclic) bond motifs is 2. The lowest BCUT2D eigenvalue weighted by molar-refractivity contribution is 0.0716. The van der Waals surface area contributed by atoms with Crippen molar-refractivity contribution in [1.29, 1.82) is 0 Å². The number of amides is 1. The minimum atomic E-state index is -0.417. The van der Waals surface area contributed by atoms with E-state index < -0.39 is 6.04 Å². The SMILES string of the molecule is CN(C)CCN1C(=O)c2oc3ccccc3c(=O)c2[C@@H]1c1ccccc1. The summed E-state index contributed by atoms with van der Waals surface area (Å²) in [5, 5.41) is 0.509. The van der Waals surface area contributed by atoms with E-state index in [1.165, 1.54) is 0 Å². The first-order valence-electron chi connectivity index (χ1n) is 8.64. The first kappa shape index (κ1) is 16.5. The first-order chi connectivity index (χ1) is 12.6. The van der Waals surface area contributed by atoms with Gasteiger partial charge in [0.15, 0.2) is 5.43 Å². The van der Waals surface area contributed by atoms with Gasteiger partial charge >= 0.3 is 0 Å². The third kappa shape index (κ3) is 2.61. The molecule has 0 fully saturated rings. The predicted molar refractivity (Wildman–Crippen MR) is 100 cm³/mol. The van der Waals surface area contributed by atoms with Crippen molar-refractivity contribution in [3.05, 3.63) is 81.7 Å². The van der Waals surface area contributed by atoms with Crippen molar-refractivity contribution < 1.29 is 9.21 Å². The summed E-state index contributed by atoms with van der Waals surface area (Å²) >= 11 is 0. The molecule has 5 nitrogen and oxygen atoms in total. The second-order valence-electron chi connectivity index (χ2n) is 6.79. The van der Waals surface area contributed by atoms with Crippen molar-refractivity contribution >= 4 is 16.9 Å². The summed E-state index contributed by atoms with van der Waals surface area (Å²) < 4.78 is 5.88. The van der Waals surface area contributed by atoms with Crippen LogP contribution in [0.2, 0.25) is 0 Å². The van der Waals surface area contributed by atoms with E-state index in [4.69, 9.17) is 4.42 Å². The fourth-order valence-electron chi connectivity index (χ4n) is 3.49. The Balaban J connectivity index is 1.93. The Morgan fingerprint density at radius 1 is 1.00 bits per heavy atom. The van der Waals surface area contributed by atoms with Crippen molar-refractivity contribution in [1.82, 2.24) is 9.80 Å². The highest BCUT2D eigenvalue weighted by molar-refractivity contribution is 5.99. The largest absolute Gasteiger partial charge is 0.450 e. The zero-order valence-electron chi connectivity index (χ0n) is 14.8. The van der Waals surface area contributed by atoms with E-state index in [1.54, 1.807) is 23.1 Å². The van der Waals surface area contributed by atoms with Crippen molar-refractivity contribution in [2.24, 2.45) is 0 Å². The number of likely N-dealkylation sites (N-methyl/N-ethyl adjacent to an activating group) is 1. The van der Waals surface area contributed by atoms with Gasteiger partial charge in [-0.05, 0) is 31.8 Å². The molecule has 4 rings (SSSR count). The minimum Gasteiger partial charge on any atom is -0.450 e. The molecule has 0 bridgehead atoms. The van der Waals surface area contributed by atoms with Gasteiger partial charge in [-0.1, -0.05) is 42.5 Å². The fraction of sp³-hybridized carbons (Fsp3) is 0.238. The molecule has 132 valence electrons. The van der Waals surface area contributed by atoms with Gasteiger partial charge in [0.05, 0.1) is 17.0 Å². The van der Waals surface area contributed by atoms with Gasteiger partial charge in [-0.3, -0.25) is 9.59 Å². The van der Waals surface area contributed by atoms with E-state index in [0.717, 1.165) is 5.56 Å². The third-order valence-electron chi connectivity index (χ3n) is 4.78. The lowest BCUT2D eigenvalue weighted by Gasteiger charge is -2.26.